The maximum absolute atomic E-state index is 12.7. The monoisotopic (exact) mass is 442 g/mol. The van der Waals surface area contributed by atoms with Gasteiger partial charge in [0.2, 0.25) is 5.91 Å². The lowest BCUT2D eigenvalue weighted by Gasteiger charge is -2.27. The Hall–Kier alpha value is -2.47. The average Bonchev–Trinajstić information content (AvgIpc) is 3.08. The minimum atomic E-state index is 0.112. The number of carbonyl (C=O) groups is 1. The Kier molecular flexibility index (Phi) is 5.31. The molecule has 0 atom stereocenters. The number of aromatic amines is 1. The highest BCUT2D eigenvalue weighted by Crippen LogP contribution is 2.32. The van der Waals surface area contributed by atoms with Crippen LogP contribution in [-0.4, -0.2) is 36.1 Å². The van der Waals surface area contributed by atoms with Crippen molar-refractivity contribution in [3.05, 3.63) is 57.7 Å². The van der Waals surface area contributed by atoms with Gasteiger partial charge in [-0.3, -0.25) is 4.79 Å². The fourth-order valence-corrected chi connectivity index (χ4v) is 4.18. The van der Waals surface area contributed by atoms with Gasteiger partial charge in [-0.15, -0.1) is 0 Å². The first kappa shape index (κ1) is 18.9. The highest BCUT2D eigenvalue weighted by Gasteiger charge is 2.24. The van der Waals surface area contributed by atoms with Crippen LogP contribution in [0.1, 0.15) is 23.2 Å². The Morgan fingerprint density at radius 2 is 2.11 bits per heavy atom. The maximum atomic E-state index is 12.7. The second kappa shape index (κ2) is 7.87. The molecule has 28 heavy (non-hydrogen) atoms. The Bertz CT molecular complexity index is 1030. The number of aryl methyl sites for hydroxylation is 1. The number of halogens is 1. The molecule has 0 fully saturated rings. The van der Waals surface area contributed by atoms with E-state index in [1.54, 1.807) is 7.11 Å². The largest absolute Gasteiger partial charge is 0.493 e. The zero-order valence-corrected chi connectivity index (χ0v) is 17.6. The SMILES string of the molecule is COc1cc(C)ccc1OCCC(=O)N1CCc2[nH]c3c(Br)cccc3c2C1. The summed E-state index contributed by atoms with van der Waals surface area (Å²) in [6.45, 7) is 3.70. The third-order valence-electron chi connectivity index (χ3n) is 5.20. The van der Waals surface area contributed by atoms with Crippen LogP contribution < -0.4 is 9.47 Å². The molecule has 1 amide bonds. The third kappa shape index (κ3) is 3.61. The van der Waals surface area contributed by atoms with E-state index in [0.29, 0.717) is 31.1 Å². The summed E-state index contributed by atoms with van der Waals surface area (Å²) in [5.41, 5.74) is 4.66. The second-order valence-electron chi connectivity index (χ2n) is 7.06. The summed E-state index contributed by atoms with van der Waals surface area (Å²) in [6, 6.07) is 12.0. The molecule has 0 aliphatic carbocycles. The van der Waals surface area contributed by atoms with E-state index in [-0.39, 0.29) is 5.91 Å². The van der Waals surface area contributed by atoms with Gasteiger partial charge >= 0.3 is 0 Å². The first-order chi connectivity index (χ1) is 13.6. The molecule has 1 N–H and O–H groups in total. The van der Waals surface area contributed by atoms with Crippen LogP contribution in [0.4, 0.5) is 0 Å². The smallest absolute Gasteiger partial charge is 0.226 e. The summed E-state index contributed by atoms with van der Waals surface area (Å²) in [4.78, 5) is 18.2. The van der Waals surface area contributed by atoms with Gasteiger partial charge in [0.05, 0.1) is 25.7 Å². The zero-order chi connectivity index (χ0) is 19.7. The van der Waals surface area contributed by atoms with Crippen molar-refractivity contribution in [3.8, 4) is 11.5 Å². The van der Waals surface area contributed by atoms with Crippen LogP contribution in [0.3, 0.4) is 0 Å². The predicted octanol–water partition coefficient (Wildman–Crippen LogP) is 4.60. The number of rotatable bonds is 5. The minimum absolute atomic E-state index is 0.112. The van der Waals surface area contributed by atoms with E-state index in [4.69, 9.17) is 9.47 Å². The molecule has 146 valence electrons. The molecule has 1 aliphatic heterocycles. The van der Waals surface area contributed by atoms with Gasteiger partial charge in [0.1, 0.15) is 0 Å². The van der Waals surface area contributed by atoms with Gasteiger partial charge in [-0.2, -0.15) is 0 Å². The van der Waals surface area contributed by atoms with E-state index in [2.05, 4.69) is 27.0 Å². The first-order valence-corrected chi connectivity index (χ1v) is 10.2. The maximum Gasteiger partial charge on any atom is 0.226 e. The number of fused-ring (bicyclic) bond motifs is 3. The average molecular weight is 443 g/mol. The number of aromatic nitrogens is 1. The number of para-hydroxylation sites is 1. The lowest BCUT2D eigenvalue weighted by molar-refractivity contribution is -0.132. The Balaban J connectivity index is 1.40. The summed E-state index contributed by atoms with van der Waals surface area (Å²) in [6.07, 6.45) is 1.19. The van der Waals surface area contributed by atoms with Gasteiger partial charge in [0.15, 0.2) is 11.5 Å². The summed E-state index contributed by atoms with van der Waals surface area (Å²) in [7, 11) is 1.62. The van der Waals surface area contributed by atoms with Crippen molar-refractivity contribution in [1.82, 2.24) is 9.88 Å². The van der Waals surface area contributed by atoms with Crippen molar-refractivity contribution < 1.29 is 14.3 Å². The van der Waals surface area contributed by atoms with Gasteiger partial charge in [0, 0.05) is 40.6 Å². The zero-order valence-electron chi connectivity index (χ0n) is 16.0. The van der Waals surface area contributed by atoms with E-state index in [9.17, 15) is 4.79 Å². The summed E-state index contributed by atoms with van der Waals surface area (Å²) >= 11 is 3.60. The Labute approximate surface area is 172 Å². The molecule has 6 heteroatoms. The van der Waals surface area contributed by atoms with Crippen LogP contribution >= 0.6 is 15.9 Å². The molecular formula is C22H23BrN2O3. The number of nitrogens with one attached hydrogen (secondary N) is 1. The normalized spacial score (nSPS) is 13.5. The number of hydrogen-bond donors (Lipinski definition) is 1. The fourth-order valence-electron chi connectivity index (χ4n) is 3.72. The van der Waals surface area contributed by atoms with Crippen LogP contribution in [-0.2, 0) is 17.8 Å². The number of benzene rings is 2. The van der Waals surface area contributed by atoms with Crippen LogP contribution in [0.15, 0.2) is 40.9 Å². The van der Waals surface area contributed by atoms with Crippen LogP contribution in [0.25, 0.3) is 10.9 Å². The molecule has 2 heterocycles. The molecule has 0 saturated carbocycles. The van der Waals surface area contributed by atoms with Gasteiger partial charge in [0.25, 0.3) is 0 Å². The quantitative estimate of drug-likeness (QED) is 0.627. The number of methoxy groups -OCH3 is 1. The predicted molar refractivity (Wildman–Crippen MR) is 113 cm³/mol. The lowest BCUT2D eigenvalue weighted by Crippen LogP contribution is -2.36. The molecule has 1 aromatic heterocycles. The third-order valence-corrected chi connectivity index (χ3v) is 5.87. The van der Waals surface area contributed by atoms with E-state index >= 15 is 0 Å². The minimum Gasteiger partial charge on any atom is -0.493 e. The van der Waals surface area contributed by atoms with Crippen LogP contribution in [0.2, 0.25) is 0 Å². The number of nitrogens with zero attached hydrogens (tertiary/aromatic N) is 1. The number of H-pyrrole nitrogens is 1. The summed E-state index contributed by atoms with van der Waals surface area (Å²) in [5, 5.41) is 1.18. The molecule has 1 aliphatic rings. The fraction of sp³-hybridized carbons (Fsp3) is 0.318. The van der Waals surface area contributed by atoms with E-state index in [1.807, 2.05) is 42.2 Å². The molecule has 0 spiro atoms. The molecule has 2 aromatic carbocycles. The van der Waals surface area contributed by atoms with Gasteiger partial charge in [-0.1, -0.05) is 18.2 Å². The standard InChI is InChI=1S/C22H23BrN2O3/c1-14-6-7-19(20(12-14)27-2)28-11-9-21(26)25-10-8-18-16(13-25)15-4-3-5-17(23)22(15)24-18/h3-7,12,24H,8-11,13H2,1-2H3. The van der Waals surface area contributed by atoms with Crippen LogP contribution in [0.5, 0.6) is 11.5 Å². The highest BCUT2D eigenvalue weighted by molar-refractivity contribution is 9.10. The van der Waals surface area contributed by atoms with Crippen molar-refractivity contribution in [1.29, 1.82) is 0 Å². The van der Waals surface area contributed by atoms with E-state index in [0.717, 1.165) is 28.5 Å². The highest BCUT2D eigenvalue weighted by atomic mass is 79.9. The number of carbonyl (C=O) groups excluding carboxylic acids is 1. The molecule has 0 bridgehead atoms. The van der Waals surface area contributed by atoms with Gasteiger partial charge in [-0.25, -0.2) is 0 Å². The summed E-state index contributed by atoms with van der Waals surface area (Å²) in [5.74, 6) is 1.48. The molecule has 5 nitrogen and oxygen atoms in total. The van der Waals surface area contributed by atoms with Crippen molar-refractivity contribution >= 4 is 32.7 Å². The molecule has 4 rings (SSSR count). The molecule has 0 saturated heterocycles. The Morgan fingerprint density at radius 1 is 1.25 bits per heavy atom. The molecule has 0 unspecified atom stereocenters. The van der Waals surface area contributed by atoms with E-state index < -0.39 is 0 Å². The van der Waals surface area contributed by atoms with Crippen molar-refractivity contribution in [2.45, 2.75) is 26.3 Å². The lowest BCUT2D eigenvalue weighted by atomic mass is 10.0. The van der Waals surface area contributed by atoms with Crippen molar-refractivity contribution in [3.63, 3.8) is 0 Å². The summed E-state index contributed by atoms with van der Waals surface area (Å²) < 4.78 is 12.2. The molecule has 0 radical (unpaired) electrons. The van der Waals surface area contributed by atoms with Crippen LogP contribution in [0, 0.1) is 6.92 Å². The van der Waals surface area contributed by atoms with E-state index in [1.165, 1.54) is 16.6 Å². The number of ether oxygens (including phenoxy) is 2. The van der Waals surface area contributed by atoms with Crippen molar-refractivity contribution in [2.24, 2.45) is 0 Å². The second-order valence-corrected chi connectivity index (χ2v) is 7.92. The van der Waals surface area contributed by atoms with Gasteiger partial charge < -0.3 is 19.4 Å². The Morgan fingerprint density at radius 3 is 2.93 bits per heavy atom. The topological polar surface area (TPSA) is 54.6 Å². The first-order valence-electron chi connectivity index (χ1n) is 9.40. The molecular weight excluding hydrogens is 420 g/mol. The number of amides is 1. The van der Waals surface area contributed by atoms with Crippen molar-refractivity contribution in [2.75, 3.05) is 20.3 Å². The van der Waals surface area contributed by atoms with Gasteiger partial charge in [-0.05, 0) is 46.6 Å². The number of hydrogen-bond acceptors (Lipinski definition) is 3. The molecule has 3 aromatic rings.